The molecule has 0 unspecified atom stereocenters. The molecule has 0 amide bonds. The van der Waals surface area contributed by atoms with E-state index >= 15 is 0 Å². The van der Waals surface area contributed by atoms with Gasteiger partial charge in [-0.2, -0.15) is 0 Å². The number of nitrogens with zero attached hydrogens (tertiary/aromatic N) is 2. The minimum atomic E-state index is 0.789. The largest absolute Gasteiger partial charge is 0.456 e. The van der Waals surface area contributed by atoms with Crippen LogP contribution in [0, 0.1) is 0 Å². The van der Waals surface area contributed by atoms with Crippen molar-refractivity contribution in [1.29, 1.82) is 0 Å². The number of rotatable bonds is 6. The third kappa shape index (κ3) is 5.33. The molecule has 4 heteroatoms. The SMILES string of the molecule is c1ccc(N(c2ccc3ccccc3c2)c2cc3oc4cc5oc6cc(N(c7ccccc7)c7ccc8ccccc8c7)c7ccccc7c6c5cc4c3c3ccccc23)cc1. The van der Waals surface area contributed by atoms with Crippen LogP contribution in [0.15, 0.2) is 227 Å². The van der Waals surface area contributed by atoms with E-state index in [0.717, 1.165) is 99.5 Å². The van der Waals surface area contributed by atoms with Gasteiger partial charge in [0.15, 0.2) is 0 Å². The number of benzene rings is 11. The normalized spacial score (nSPS) is 11.9. The van der Waals surface area contributed by atoms with Gasteiger partial charge in [-0.25, -0.2) is 0 Å². The summed E-state index contributed by atoms with van der Waals surface area (Å²) in [4.78, 5) is 4.70. The zero-order chi connectivity index (χ0) is 40.7. The van der Waals surface area contributed by atoms with Gasteiger partial charge in [0.05, 0.1) is 11.4 Å². The monoisotopic (exact) mass is 792 g/mol. The molecule has 2 heterocycles. The van der Waals surface area contributed by atoms with Crippen LogP contribution in [0.3, 0.4) is 0 Å². The maximum Gasteiger partial charge on any atom is 0.139 e. The fraction of sp³-hybridized carbons (Fsp3) is 0. The number of fused-ring (bicyclic) bond motifs is 12. The Hall–Kier alpha value is -8.34. The molecule has 0 saturated carbocycles. The summed E-state index contributed by atoms with van der Waals surface area (Å²) in [6, 6.07) is 77.9. The molecule has 62 heavy (non-hydrogen) atoms. The second kappa shape index (κ2) is 13.6. The fourth-order valence-corrected chi connectivity index (χ4v) is 9.75. The first-order chi connectivity index (χ1) is 30.7. The van der Waals surface area contributed by atoms with Crippen molar-refractivity contribution in [1.82, 2.24) is 0 Å². The summed E-state index contributed by atoms with van der Waals surface area (Å²) in [6.07, 6.45) is 0. The Labute approximate surface area is 356 Å². The Balaban J connectivity index is 1.04. The van der Waals surface area contributed by atoms with E-state index in [1.54, 1.807) is 0 Å². The predicted molar refractivity (Wildman–Crippen MR) is 260 cm³/mol. The van der Waals surface area contributed by atoms with Crippen molar-refractivity contribution in [3.63, 3.8) is 0 Å². The molecule has 0 fully saturated rings. The van der Waals surface area contributed by atoms with E-state index in [9.17, 15) is 0 Å². The van der Waals surface area contributed by atoms with Gasteiger partial charge in [0, 0.05) is 73.3 Å². The van der Waals surface area contributed by atoms with E-state index in [4.69, 9.17) is 8.83 Å². The van der Waals surface area contributed by atoms with Gasteiger partial charge >= 0.3 is 0 Å². The highest BCUT2D eigenvalue weighted by atomic mass is 16.3. The van der Waals surface area contributed by atoms with Gasteiger partial charge in [0.2, 0.25) is 0 Å². The summed E-state index contributed by atoms with van der Waals surface area (Å²) in [5, 5.41) is 13.7. The quantitative estimate of drug-likeness (QED) is 0.168. The van der Waals surface area contributed by atoms with E-state index in [-0.39, 0.29) is 0 Å². The van der Waals surface area contributed by atoms with Crippen LogP contribution < -0.4 is 9.80 Å². The van der Waals surface area contributed by atoms with Crippen molar-refractivity contribution in [2.24, 2.45) is 0 Å². The van der Waals surface area contributed by atoms with Crippen LogP contribution in [0.4, 0.5) is 34.1 Å². The minimum absolute atomic E-state index is 0.789. The molecule has 0 bridgehead atoms. The van der Waals surface area contributed by atoms with Crippen molar-refractivity contribution in [2.45, 2.75) is 0 Å². The van der Waals surface area contributed by atoms with Crippen LogP contribution in [-0.4, -0.2) is 0 Å². The number of para-hydroxylation sites is 2. The molecular weight excluding hydrogens is 757 g/mol. The molecule has 0 atom stereocenters. The first-order valence-electron chi connectivity index (χ1n) is 21.1. The highest BCUT2D eigenvalue weighted by Crippen LogP contribution is 2.49. The second-order valence-electron chi connectivity index (χ2n) is 16.1. The number of hydrogen-bond acceptors (Lipinski definition) is 4. The Morgan fingerprint density at radius 3 is 1.08 bits per heavy atom. The van der Waals surface area contributed by atoms with Crippen LogP contribution >= 0.6 is 0 Å². The second-order valence-corrected chi connectivity index (χ2v) is 16.1. The molecule has 13 aromatic rings. The Morgan fingerprint density at radius 1 is 0.242 bits per heavy atom. The van der Waals surface area contributed by atoms with Crippen molar-refractivity contribution in [2.75, 3.05) is 9.80 Å². The number of anilines is 6. The summed E-state index contributed by atoms with van der Waals surface area (Å²) in [6.45, 7) is 0. The summed E-state index contributed by atoms with van der Waals surface area (Å²) in [7, 11) is 0. The van der Waals surface area contributed by atoms with Gasteiger partial charge in [-0.3, -0.25) is 0 Å². The zero-order valence-electron chi connectivity index (χ0n) is 33.5. The number of furan rings is 2. The van der Waals surface area contributed by atoms with E-state index in [2.05, 4.69) is 228 Å². The first-order valence-corrected chi connectivity index (χ1v) is 21.1. The molecule has 0 radical (unpaired) electrons. The van der Waals surface area contributed by atoms with Gasteiger partial charge in [0.25, 0.3) is 0 Å². The van der Waals surface area contributed by atoms with E-state index in [0.29, 0.717) is 0 Å². The van der Waals surface area contributed by atoms with E-state index in [1.165, 1.54) is 21.5 Å². The average molecular weight is 793 g/mol. The fourth-order valence-electron chi connectivity index (χ4n) is 9.75. The smallest absolute Gasteiger partial charge is 0.139 e. The van der Waals surface area contributed by atoms with Gasteiger partial charge in [-0.15, -0.1) is 0 Å². The number of hydrogen-bond donors (Lipinski definition) is 0. The van der Waals surface area contributed by atoms with E-state index < -0.39 is 0 Å². The maximum absolute atomic E-state index is 6.90. The summed E-state index contributed by atoms with van der Waals surface area (Å²) >= 11 is 0. The van der Waals surface area contributed by atoms with Gasteiger partial charge in [-0.05, 0) is 86.9 Å². The molecule has 290 valence electrons. The standard InChI is InChI=1S/C58H36N2O2/c1-3-19-41(20-4-1)59(43-29-27-37-15-7-9-17-39(37)31-43)51-34-55-57(47-25-13-11-23-45(47)51)49-33-50-54(36-53(49)61-55)62-56-35-52(46-24-12-14-26-48(46)58(50)56)60(42-21-5-2-6-22-42)44-30-28-38-16-8-10-18-40(38)32-44/h1-36H. The van der Waals surface area contributed by atoms with Gasteiger partial charge in [-0.1, -0.05) is 146 Å². The molecule has 0 saturated heterocycles. The molecule has 0 N–H and O–H groups in total. The highest BCUT2D eigenvalue weighted by Gasteiger charge is 2.24. The lowest BCUT2D eigenvalue weighted by Crippen LogP contribution is -2.10. The van der Waals surface area contributed by atoms with Crippen molar-refractivity contribution in [3.05, 3.63) is 218 Å². The average Bonchev–Trinajstić information content (AvgIpc) is 3.88. The summed E-state index contributed by atoms with van der Waals surface area (Å²) < 4.78 is 13.8. The first kappa shape index (κ1) is 34.5. The highest BCUT2D eigenvalue weighted by molar-refractivity contribution is 6.28. The van der Waals surface area contributed by atoms with Gasteiger partial charge in [0.1, 0.15) is 22.3 Å². The molecule has 11 aromatic carbocycles. The molecule has 0 aliphatic rings. The van der Waals surface area contributed by atoms with Crippen molar-refractivity contribution >= 4 is 121 Å². The van der Waals surface area contributed by atoms with Crippen LogP contribution in [0.5, 0.6) is 0 Å². The summed E-state index contributed by atoms with van der Waals surface area (Å²) in [5.74, 6) is 0. The van der Waals surface area contributed by atoms with Gasteiger partial charge < -0.3 is 18.6 Å². The minimum Gasteiger partial charge on any atom is -0.456 e. The molecule has 4 nitrogen and oxygen atoms in total. The zero-order valence-corrected chi connectivity index (χ0v) is 33.5. The lowest BCUT2D eigenvalue weighted by atomic mass is 9.98. The van der Waals surface area contributed by atoms with Crippen LogP contribution in [0.2, 0.25) is 0 Å². The van der Waals surface area contributed by atoms with Crippen molar-refractivity contribution in [3.8, 4) is 0 Å². The Morgan fingerprint density at radius 2 is 0.629 bits per heavy atom. The molecule has 0 spiro atoms. The molecule has 0 aliphatic heterocycles. The van der Waals surface area contributed by atoms with Crippen LogP contribution in [-0.2, 0) is 0 Å². The Kier molecular flexibility index (Phi) is 7.57. The van der Waals surface area contributed by atoms with Crippen molar-refractivity contribution < 1.29 is 8.83 Å². The predicted octanol–water partition coefficient (Wildman–Crippen LogP) is 17.0. The lowest BCUT2D eigenvalue weighted by molar-refractivity contribution is 0.656. The molecule has 0 aliphatic carbocycles. The van der Waals surface area contributed by atoms with Crippen LogP contribution in [0.25, 0.3) is 87.0 Å². The third-order valence-electron chi connectivity index (χ3n) is 12.5. The summed E-state index contributed by atoms with van der Waals surface area (Å²) in [5.41, 5.74) is 9.65. The molecular formula is C58H36N2O2. The maximum atomic E-state index is 6.90. The molecule has 13 rings (SSSR count). The van der Waals surface area contributed by atoms with Crippen LogP contribution in [0.1, 0.15) is 0 Å². The lowest BCUT2D eigenvalue weighted by Gasteiger charge is -2.27. The third-order valence-corrected chi connectivity index (χ3v) is 12.5. The van der Waals surface area contributed by atoms with E-state index in [1.807, 2.05) is 0 Å². The Bertz CT molecular complexity index is 3630. The topological polar surface area (TPSA) is 32.8 Å². The molecule has 2 aromatic heterocycles.